The second-order valence-electron chi connectivity index (χ2n) is 4.25. The van der Waals surface area contributed by atoms with Gasteiger partial charge in [-0.05, 0) is 36.8 Å². The number of halogens is 1. The van der Waals surface area contributed by atoms with Crippen LogP contribution in [0.15, 0.2) is 41.3 Å². The molecule has 5 heteroatoms. The summed E-state index contributed by atoms with van der Waals surface area (Å²) in [5.74, 6) is 0.315. The van der Waals surface area contributed by atoms with Crippen molar-refractivity contribution in [1.82, 2.24) is 4.57 Å². The third-order valence-electron chi connectivity index (χ3n) is 2.74. The zero-order valence-electron chi connectivity index (χ0n) is 10.6. The maximum absolute atomic E-state index is 13.1. The molecule has 4 nitrogen and oxygen atoms in total. The minimum absolute atomic E-state index is 0.131. The number of nitrogens with zero attached hydrogens (tertiary/aromatic N) is 1. The molecule has 0 aliphatic rings. The van der Waals surface area contributed by atoms with Crippen LogP contribution in [0.2, 0.25) is 0 Å². The molecular weight excluding hydrogens is 247 g/mol. The van der Waals surface area contributed by atoms with Gasteiger partial charge < -0.3 is 15.0 Å². The Morgan fingerprint density at radius 3 is 2.84 bits per heavy atom. The minimum atomic E-state index is -0.264. The molecule has 0 spiro atoms. The van der Waals surface area contributed by atoms with E-state index in [4.69, 9.17) is 10.5 Å². The van der Waals surface area contributed by atoms with Crippen LogP contribution < -0.4 is 16.0 Å². The van der Waals surface area contributed by atoms with E-state index >= 15 is 0 Å². The van der Waals surface area contributed by atoms with Crippen LogP contribution in [0.25, 0.3) is 0 Å². The Morgan fingerprint density at radius 1 is 1.32 bits per heavy atom. The van der Waals surface area contributed by atoms with E-state index in [1.54, 1.807) is 31.3 Å². The van der Waals surface area contributed by atoms with Crippen molar-refractivity contribution < 1.29 is 9.13 Å². The molecule has 0 atom stereocenters. The highest BCUT2D eigenvalue weighted by Crippen LogP contribution is 2.15. The molecule has 1 aromatic carbocycles. The third-order valence-corrected chi connectivity index (χ3v) is 2.74. The maximum Gasteiger partial charge on any atom is 0.250 e. The second kappa shape index (κ2) is 5.56. The monoisotopic (exact) mass is 262 g/mol. The lowest BCUT2D eigenvalue weighted by atomic mass is 10.2. The fourth-order valence-corrected chi connectivity index (χ4v) is 1.69. The van der Waals surface area contributed by atoms with E-state index in [1.165, 1.54) is 16.7 Å². The average Bonchev–Trinajstić information content (AvgIpc) is 2.38. The predicted octanol–water partition coefficient (Wildman–Crippen LogP) is 1.96. The molecule has 2 aromatic rings. The van der Waals surface area contributed by atoms with Gasteiger partial charge in [-0.2, -0.15) is 0 Å². The molecule has 0 unspecified atom stereocenters. The zero-order chi connectivity index (χ0) is 13.8. The Kier molecular flexibility index (Phi) is 3.85. The van der Waals surface area contributed by atoms with Gasteiger partial charge in [-0.1, -0.05) is 0 Å². The first kappa shape index (κ1) is 13.1. The highest BCUT2D eigenvalue weighted by atomic mass is 19.1. The summed E-state index contributed by atoms with van der Waals surface area (Å²) in [4.78, 5) is 11.5. The van der Waals surface area contributed by atoms with Crippen LogP contribution in [0.3, 0.4) is 0 Å². The normalized spacial score (nSPS) is 10.4. The molecule has 2 N–H and O–H groups in total. The van der Waals surface area contributed by atoms with Crippen molar-refractivity contribution in [2.75, 3.05) is 12.3 Å². The summed E-state index contributed by atoms with van der Waals surface area (Å²) in [5, 5.41) is 0. The van der Waals surface area contributed by atoms with Crippen LogP contribution in [-0.2, 0) is 6.54 Å². The number of hydrogen-bond donors (Lipinski definition) is 1. The predicted molar refractivity (Wildman–Crippen MR) is 71.7 cm³/mol. The number of anilines is 1. The number of pyridine rings is 1. The van der Waals surface area contributed by atoms with Gasteiger partial charge in [0.25, 0.3) is 5.56 Å². The summed E-state index contributed by atoms with van der Waals surface area (Å²) in [6.45, 7) is 2.37. The molecule has 0 radical (unpaired) electrons. The zero-order valence-corrected chi connectivity index (χ0v) is 10.6. The molecule has 1 aromatic heterocycles. The SMILES string of the molecule is Cc1cc(OCCn2cc(N)ccc2=O)ccc1F. The molecule has 0 bridgehead atoms. The number of ether oxygens (including phenoxy) is 1. The Hall–Kier alpha value is -2.30. The lowest BCUT2D eigenvalue weighted by Crippen LogP contribution is -2.22. The number of nitrogens with two attached hydrogens (primary N) is 1. The molecule has 0 saturated carbocycles. The molecule has 0 fully saturated rings. The molecule has 0 aliphatic heterocycles. The summed E-state index contributed by atoms with van der Waals surface area (Å²) in [6.07, 6.45) is 1.57. The summed E-state index contributed by atoms with van der Waals surface area (Å²) in [5.41, 5.74) is 6.52. The molecule has 0 amide bonds. The van der Waals surface area contributed by atoms with Crippen molar-refractivity contribution in [2.45, 2.75) is 13.5 Å². The Morgan fingerprint density at radius 2 is 2.11 bits per heavy atom. The number of aryl methyl sites for hydroxylation is 1. The van der Waals surface area contributed by atoms with E-state index in [-0.39, 0.29) is 11.4 Å². The number of nitrogen functional groups attached to an aromatic ring is 1. The van der Waals surface area contributed by atoms with Crippen LogP contribution in [0.5, 0.6) is 5.75 Å². The van der Waals surface area contributed by atoms with Crippen molar-refractivity contribution >= 4 is 5.69 Å². The topological polar surface area (TPSA) is 57.2 Å². The smallest absolute Gasteiger partial charge is 0.250 e. The molecular formula is C14H15FN2O2. The number of hydrogen-bond acceptors (Lipinski definition) is 3. The molecule has 1 heterocycles. The van der Waals surface area contributed by atoms with E-state index < -0.39 is 0 Å². The van der Waals surface area contributed by atoms with Gasteiger partial charge in [-0.15, -0.1) is 0 Å². The van der Waals surface area contributed by atoms with Gasteiger partial charge in [0, 0.05) is 18.0 Å². The van der Waals surface area contributed by atoms with Crippen molar-refractivity contribution in [2.24, 2.45) is 0 Å². The van der Waals surface area contributed by atoms with Crippen LogP contribution >= 0.6 is 0 Å². The largest absolute Gasteiger partial charge is 0.492 e. The van der Waals surface area contributed by atoms with Crippen LogP contribution in [0.1, 0.15) is 5.56 Å². The lowest BCUT2D eigenvalue weighted by Gasteiger charge is -2.09. The highest BCUT2D eigenvalue weighted by Gasteiger charge is 2.01. The summed E-state index contributed by atoms with van der Waals surface area (Å²) < 4.78 is 20.0. The number of rotatable bonds is 4. The first-order valence-corrected chi connectivity index (χ1v) is 5.91. The van der Waals surface area contributed by atoms with Gasteiger partial charge in [-0.25, -0.2) is 4.39 Å². The highest BCUT2D eigenvalue weighted by molar-refractivity contribution is 5.33. The Bertz CT molecular complexity index is 638. The van der Waals surface area contributed by atoms with Crippen molar-refractivity contribution in [3.63, 3.8) is 0 Å². The van der Waals surface area contributed by atoms with E-state index in [0.29, 0.717) is 30.2 Å². The Labute approximate surface area is 110 Å². The van der Waals surface area contributed by atoms with Crippen molar-refractivity contribution in [1.29, 1.82) is 0 Å². The van der Waals surface area contributed by atoms with Gasteiger partial charge in [0.15, 0.2) is 0 Å². The number of aromatic nitrogens is 1. The average molecular weight is 262 g/mol. The Balaban J connectivity index is 1.98. The lowest BCUT2D eigenvalue weighted by molar-refractivity contribution is 0.296. The van der Waals surface area contributed by atoms with E-state index in [2.05, 4.69) is 0 Å². The van der Waals surface area contributed by atoms with E-state index in [0.717, 1.165) is 0 Å². The fraction of sp³-hybridized carbons (Fsp3) is 0.214. The van der Waals surface area contributed by atoms with Gasteiger partial charge in [0.2, 0.25) is 0 Å². The minimum Gasteiger partial charge on any atom is -0.492 e. The summed E-state index contributed by atoms with van der Waals surface area (Å²) >= 11 is 0. The first-order chi connectivity index (χ1) is 9.06. The quantitative estimate of drug-likeness (QED) is 0.916. The van der Waals surface area contributed by atoms with Crippen LogP contribution in [0, 0.1) is 12.7 Å². The first-order valence-electron chi connectivity index (χ1n) is 5.91. The maximum atomic E-state index is 13.1. The standard InChI is InChI=1S/C14H15FN2O2/c1-10-8-12(3-4-13(10)15)19-7-6-17-9-11(16)2-5-14(17)18/h2-5,8-9H,6-7,16H2,1H3. The van der Waals surface area contributed by atoms with Gasteiger partial charge in [0.05, 0.1) is 6.54 Å². The molecule has 0 aliphatic carbocycles. The number of benzene rings is 1. The second-order valence-corrected chi connectivity index (χ2v) is 4.25. The van der Waals surface area contributed by atoms with Crippen molar-refractivity contribution in [3.05, 3.63) is 58.3 Å². The summed E-state index contributed by atoms with van der Waals surface area (Å²) in [7, 11) is 0. The van der Waals surface area contributed by atoms with Gasteiger partial charge >= 0.3 is 0 Å². The molecule has 0 saturated heterocycles. The fourth-order valence-electron chi connectivity index (χ4n) is 1.69. The summed E-state index contributed by atoms with van der Waals surface area (Å²) in [6, 6.07) is 7.51. The molecule has 2 rings (SSSR count). The van der Waals surface area contributed by atoms with Crippen LogP contribution in [0.4, 0.5) is 10.1 Å². The van der Waals surface area contributed by atoms with Crippen LogP contribution in [-0.4, -0.2) is 11.2 Å². The third kappa shape index (κ3) is 3.34. The molecule has 19 heavy (non-hydrogen) atoms. The molecule has 100 valence electrons. The van der Waals surface area contributed by atoms with E-state index in [9.17, 15) is 9.18 Å². The van der Waals surface area contributed by atoms with E-state index in [1.807, 2.05) is 0 Å². The van der Waals surface area contributed by atoms with Gasteiger partial charge in [0.1, 0.15) is 18.2 Å². The van der Waals surface area contributed by atoms with Crippen molar-refractivity contribution in [3.8, 4) is 5.75 Å². The van der Waals surface area contributed by atoms with Gasteiger partial charge in [-0.3, -0.25) is 4.79 Å².